The van der Waals surface area contributed by atoms with Crippen LogP contribution in [0.1, 0.15) is 0 Å². The number of halogens is 2. The number of anilines is 1. The fourth-order valence-corrected chi connectivity index (χ4v) is 2.94. The van der Waals surface area contributed by atoms with Crippen LogP contribution in [0.25, 0.3) is 10.9 Å². The van der Waals surface area contributed by atoms with E-state index in [2.05, 4.69) is 5.32 Å². The second-order valence-electron chi connectivity index (χ2n) is 5.38. The summed E-state index contributed by atoms with van der Waals surface area (Å²) >= 11 is 12.0. The summed E-state index contributed by atoms with van der Waals surface area (Å²) < 4.78 is 12.5. The van der Waals surface area contributed by atoms with Gasteiger partial charge in [-0.1, -0.05) is 23.2 Å². The van der Waals surface area contributed by atoms with Crippen LogP contribution in [0.4, 0.5) is 5.69 Å². The number of fused-ring (bicyclic) bond motifs is 1. The second-order valence-corrected chi connectivity index (χ2v) is 6.22. The highest BCUT2D eigenvalue weighted by Crippen LogP contribution is 2.32. The van der Waals surface area contributed by atoms with Crippen LogP contribution in [0.15, 0.2) is 42.6 Å². The Morgan fingerprint density at radius 1 is 1.12 bits per heavy atom. The topological polar surface area (TPSA) is 52.5 Å². The molecule has 1 aromatic heterocycles. The molecule has 0 fully saturated rings. The highest BCUT2D eigenvalue weighted by Gasteiger charge is 2.13. The van der Waals surface area contributed by atoms with Gasteiger partial charge in [0.15, 0.2) is 0 Å². The highest BCUT2D eigenvalue weighted by molar-refractivity contribution is 6.35. The number of hydrogen-bond donors (Lipinski definition) is 1. The van der Waals surface area contributed by atoms with Gasteiger partial charge in [0.25, 0.3) is 0 Å². The van der Waals surface area contributed by atoms with Gasteiger partial charge in [0.2, 0.25) is 5.91 Å². The van der Waals surface area contributed by atoms with Gasteiger partial charge in [-0.25, -0.2) is 0 Å². The van der Waals surface area contributed by atoms with Crippen LogP contribution in [0.5, 0.6) is 11.5 Å². The molecule has 5 nitrogen and oxygen atoms in total. The summed E-state index contributed by atoms with van der Waals surface area (Å²) in [6.07, 6.45) is 1.83. The molecule has 130 valence electrons. The van der Waals surface area contributed by atoms with Crippen LogP contribution in [0.2, 0.25) is 10.0 Å². The predicted molar refractivity (Wildman–Crippen MR) is 100 cm³/mol. The van der Waals surface area contributed by atoms with Crippen molar-refractivity contribution in [2.24, 2.45) is 0 Å². The largest absolute Gasteiger partial charge is 0.497 e. The number of hydrogen-bond acceptors (Lipinski definition) is 3. The van der Waals surface area contributed by atoms with Crippen LogP contribution < -0.4 is 14.8 Å². The molecule has 0 spiro atoms. The number of rotatable bonds is 5. The summed E-state index contributed by atoms with van der Waals surface area (Å²) in [4.78, 5) is 12.4. The summed E-state index contributed by atoms with van der Waals surface area (Å²) in [5.41, 5.74) is 1.31. The molecule has 0 bridgehead atoms. The van der Waals surface area contributed by atoms with Gasteiger partial charge in [0.05, 0.1) is 30.4 Å². The Morgan fingerprint density at radius 2 is 1.92 bits per heavy atom. The molecular weight excluding hydrogens is 363 g/mol. The molecule has 2 aromatic carbocycles. The van der Waals surface area contributed by atoms with Crippen molar-refractivity contribution in [1.29, 1.82) is 0 Å². The molecule has 25 heavy (non-hydrogen) atoms. The Kier molecular flexibility index (Phi) is 5.06. The fraction of sp³-hybridized carbons (Fsp3) is 0.167. The minimum atomic E-state index is -0.219. The van der Waals surface area contributed by atoms with Crippen LogP contribution >= 0.6 is 23.2 Å². The standard InChI is InChI=1S/C18H16Cl2N2O3/c1-24-12-8-16-13(17(9-12)25-2)5-6-22(16)10-18(23)21-15-7-11(19)3-4-14(15)20/h3-9H,10H2,1-2H3,(H,21,23). The van der Waals surface area contributed by atoms with Crippen molar-refractivity contribution in [3.8, 4) is 11.5 Å². The second kappa shape index (κ2) is 7.25. The number of ether oxygens (including phenoxy) is 2. The Morgan fingerprint density at radius 3 is 2.64 bits per heavy atom. The molecule has 1 N–H and O–H groups in total. The van der Waals surface area contributed by atoms with Gasteiger partial charge < -0.3 is 19.4 Å². The van der Waals surface area contributed by atoms with Crippen molar-refractivity contribution < 1.29 is 14.3 Å². The number of carbonyl (C=O) groups excluding carboxylic acids is 1. The van der Waals surface area contributed by atoms with E-state index >= 15 is 0 Å². The molecule has 0 radical (unpaired) electrons. The highest BCUT2D eigenvalue weighted by atomic mass is 35.5. The van der Waals surface area contributed by atoms with E-state index in [1.165, 1.54) is 0 Å². The Hall–Kier alpha value is -2.37. The molecule has 1 heterocycles. The van der Waals surface area contributed by atoms with Crippen molar-refractivity contribution in [2.75, 3.05) is 19.5 Å². The van der Waals surface area contributed by atoms with Crippen molar-refractivity contribution in [1.82, 2.24) is 4.57 Å². The van der Waals surface area contributed by atoms with Crippen molar-refractivity contribution in [2.45, 2.75) is 6.54 Å². The first kappa shape index (κ1) is 17.5. The Bertz CT molecular complexity index is 937. The SMILES string of the molecule is COc1cc(OC)c2ccn(CC(=O)Nc3cc(Cl)ccc3Cl)c2c1. The molecule has 0 saturated carbocycles. The van der Waals surface area contributed by atoms with E-state index in [-0.39, 0.29) is 12.5 Å². The molecule has 1 amide bonds. The third-order valence-electron chi connectivity index (χ3n) is 3.80. The van der Waals surface area contributed by atoms with E-state index in [1.807, 2.05) is 22.9 Å². The molecule has 0 aliphatic heterocycles. The van der Waals surface area contributed by atoms with Crippen molar-refractivity contribution in [3.05, 3.63) is 52.6 Å². The summed E-state index contributed by atoms with van der Waals surface area (Å²) in [6, 6.07) is 10.5. The lowest BCUT2D eigenvalue weighted by molar-refractivity contribution is -0.116. The normalized spacial score (nSPS) is 10.7. The lowest BCUT2D eigenvalue weighted by Gasteiger charge is -2.11. The van der Waals surface area contributed by atoms with E-state index in [9.17, 15) is 4.79 Å². The lowest BCUT2D eigenvalue weighted by atomic mass is 10.2. The number of nitrogens with zero attached hydrogens (tertiary/aromatic N) is 1. The zero-order chi connectivity index (χ0) is 18.0. The van der Waals surface area contributed by atoms with Crippen molar-refractivity contribution in [3.63, 3.8) is 0 Å². The monoisotopic (exact) mass is 378 g/mol. The molecule has 0 atom stereocenters. The quantitative estimate of drug-likeness (QED) is 0.705. The van der Waals surface area contributed by atoms with Gasteiger partial charge in [0.1, 0.15) is 18.0 Å². The number of carbonyl (C=O) groups is 1. The predicted octanol–water partition coefficient (Wildman–Crippen LogP) is 4.60. The van der Waals surface area contributed by atoms with Gasteiger partial charge in [-0.05, 0) is 24.3 Å². The minimum absolute atomic E-state index is 0.114. The summed E-state index contributed by atoms with van der Waals surface area (Å²) in [7, 11) is 3.18. The van der Waals surface area contributed by atoms with E-state index < -0.39 is 0 Å². The van der Waals surface area contributed by atoms with E-state index in [0.717, 1.165) is 10.9 Å². The number of methoxy groups -OCH3 is 2. The number of amides is 1. The third-order valence-corrected chi connectivity index (χ3v) is 4.36. The van der Waals surface area contributed by atoms with Gasteiger partial charge in [-0.3, -0.25) is 4.79 Å². The smallest absolute Gasteiger partial charge is 0.244 e. The molecular formula is C18H16Cl2N2O3. The van der Waals surface area contributed by atoms with Crippen LogP contribution in [-0.4, -0.2) is 24.7 Å². The zero-order valence-electron chi connectivity index (χ0n) is 13.7. The Labute approximate surface area is 155 Å². The van der Waals surface area contributed by atoms with E-state index in [1.54, 1.807) is 38.5 Å². The fourth-order valence-electron chi connectivity index (χ4n) is 2.60. The number of nitrogens with one attached hydrogen (secondary N) is 1. The summed E-state index contributed by atoms with van der Waals surface area (Å²) in [5.74, 6) is 1.12. The van der Waals surface area contributed by atoms with Crippen LogP contribution in [0, 0.1) is 0 Å². The van der Waals surface area contributed by atoms with Crippen molar-refractivity contribution >= 4 is 45.7 Å². The van der Waals surface area contributed by atoms with Crippen LogP contribution in [0.3, 0.4) is 0 Å². The van der Waals surface area contributed by atoms with Gasteiger partial charge in [-0.2, -0.15) is 0 Å². The summed E-state index contributed by atoms with van der Waals surface area (Å²) in [6.45, 7) is 0.114. The third kappa shape index (κ3) is 3.67. The maximum atomic E-state index is 12.4. The first-order valence-electron chi connectivity index (χ1n) is 7.47. The summed E-state index contributed by atoms with van der Waals surface area (Å²) in [5, 5.41) is 4.60. The van der Waals surface area contributed by atoms with Gasteiger partial charge >= 0.3 is 0 Å². The maximum Gasteiger partial charge on any atom is 0.244 e. The van der Waals surface area contributed by atoms with Gasteiger partial charge in [0, 0.05) is 28.7 Å². The molecule has 3 aromatic rings. The maximum absolute atomic E-state index is 12.4. The average Bonchev–Trinajstić information content (AvgIpc) is 3.00. The average molecular weight is 379 g/mol. The lowest BCUT2D eigenvalue weighted by Crippen LogP contribution is -2.18. The number of aromatic nitrogens is 1. The van der Waals surface area contributed by atoms with E-state index in [4.69, 9.17) is 32.7 Å². The molecule has 7 heteroatoms. The Balaban J connectivity index is 1.87. The minimum Gasteiger partial charge on any atom is -0.497 e. The number of benzene rings is 2. The zero-order valence-corrected chi connectivity index (χ0v) is 15.2. The van der Waals surface area contributed by atoms with E-state index in [0.29, 0.717) is 27.2 Å². The first-order valence-corrected chi connectivity index (χ1v) is 8.23. The molecule has 0 unspecified atom stereocenters. The molecule has 0 saturated heterocycles. The molecule has 3 rings (SSSR count). The molecule has 0 aliphatic rings. The van der Waals surface area contributed by atoms with Crippen LogP contribution in [-0.2, 0) is 11.3 Å². The molecule has 0 aliphatic carbocycles. The van der Waals surface area contributed by atoms with Gasteiger partial charge in [-0.15, -0.1) is 0 Å². The first-order chi connectivity index (χ1) is 12.0.